The van der Waals surface area contributed by atoms with Crippen molar-refractivity contribution in [1.82, 2.24) is 10.2 Å². The first-order valence-corrected chi connectivity index (χ1v) is 4.93. The fourth-order valence-corrected chi connectivity index (χ4v) is 2.23. The zero-order valence-corrected chi connectivity index (χ0v) is 7.90. The van der Waals surface area contributed by atoms with Crippen LogP contribution in [0.1, 0.15) is 12.8 Å². The van der Waals surface area contributed by atoms with Crippen LogP contribution in [-0.2, 0) is 9.59 Å². The molecule has 0 radical (unpaired) electrons. The first-order chi connectivity index (χ1) is 6.68. The number of carbonyl (C=O) groups is 2. The van der Waals surface area contributed by atoms with Crippen LogP contribution in [-0.4, -0.2) is 47.6 Å². The molecule has 0 bridgehead atoms. The number of carboxylic acids is 1. The van der Waals surface area contributed by atoms with Crippen molar-refractivity contribution in [3.63, 3.8) is 0 Å². The molecule has 2 heterocycles. The van der Waals surface area contributed by atoms with Gasteiger partial charge in [-0.1, -0.05) is 0 Å². The van der Waals surface area contributed by atoms with Crippen LogP contribution in [0.15, 0.2) is 0 Å². The third-order valence-corrected chi connectivity index (χ3v) is 3.03. The predicted molar refractivity (Wildman–Crippen MR) is 48.7 cm³/mol. The van der Waals surface area contributed by atoms with Gasteiger partial charge < -0.3 is 10.4 Å². The van der Waals surface area contributed by atoms with Gasteiger partial charge >= 0.3 is 5.97 Å². The minimum Gasteiger partial charge on any atom is -0.481 e. The van der Waals surface area contributed by atoms with E-state index in [0.29, 0.717) is 25.9 Å². The second-order valence-electron chi connectivity index (χ2n) is 3.91. The Morgan fingerprint density at radius 1 is 1.50 bits per heavy atom. The molecule has 1 amide bonds. The number of nitrogens with one attached hydrogen (secondary N) is 1. The van der Waals surface area contributed by atoms with Crippen LogP contribution >= 0.6 is 0 Å². The molecular formula is C9H14N2O3. The minimum atomic E-state index is -0.741. The van der Waals surface area contributed by atoms with Crippen molar-refractivity contribution in [3.8, 4) is 0 Å². The fourth-order valence-electron chi connectivity index (χ4n) is 2.23. The van der Waals surface area contributed by atoms with E-state index in [2.05, 4.69) is 5.32 Å². The molecule has 2 fully saturated rings. The lowest BCUT2D eigenvalue weighted by molar-refractivity contribution is -0.147. The van der Waals surface area contributed by atoms with Gasteiger partial charge in [0.25, 0.3) is 0 Å². The molecule has 0 aromatic carbocycles. The molecule has 0 spiro atoms. The molecule has 2 aliphatic heterocycles. The first kappa shape index (κ1) is 9.45. The Morgan fingerprint density at radius 2 is 2.29 bits per heavy atom. The van der Waals surface area contributed by atoms with Crippen molar-refractivity contribution < 1.29 is 14.7 Å². The molecule has 0 saturated carbocycles. The fraction of sp³-hybridized carbons (Fsp3) is 0.778. The summed E-state index contributed by atoms with van der Waals surface area (Å²) < 4.78 is 0. The Morgan fingerprint density at radius 3 is 3.00 bits per heavy atom. The number of nitrogens with zero attached hydrogens (tertiary/aromatic N) is 1. The summed E-state index contributed by atoms with van der Waals surface area (Å²) >= 11 is 0. The van der Waals surface area contributed by atoms with Gasteiger partial charge in [-0.25, -0.2) is 0 Å². The normalized spacial score (nSPS) is 33.3. The van der Waals surface area contributed by atoms with E-state index >= 15 is 0 Å². The van der Waals surface area contributed by atoms with Crippen LogP contribution in [0.5, 0.6) is 0 Å². The van der Waals surface area contributed by atoms with Crippen molar-refractivity contribution in [2.24, 2.45) is 5.92 Å². The largest absolute Gasteiger partial charge is 0.481 e. The van der Waals surface area contributed by atoms with Crippen LogP contribution in [0.3, 0.4) is 0 Å². The highest BCUT2D eigenvalue weighted by atomic mass is 16.4. The van der Waals surface area contributed by atoms with Gasteiger partial charge in [-0.2, -0.15) is 0 Å². The van der Waals surface area contributed by atoms with Crippen molar-refractivity contribution in [2.45, 2.75) is 18.9 Å². The molecule has 0 aliphatic carbocycles. The molecule has 2 saturated heterocycles. The maximum absolute atomic E-state index is 11.4. The lowest BCUT2D eigenvalue weighted by Crippen LogP contribution is -2.59. The van der Waals surface area contributed by atoms with E-state index in [9.17, 15) is 9.59 Å². The highest BCUT2D eigenvalue weighted by Gasteiger charge is 2.37. The molecule has 78 valence electrons. The Hall–Kier alpha value is -1.10. The average molecular weight is 198 g/mol. The van der Waals surface area contributed by atoms with E-state index in [1.54, 1.807) is 0 Å². The van der Waals surface area contributed by atoms with Crippen LogP contribution in [0.2, 0.25) is 0 Å². The van der Waals surface area contributed by atoms with Gasteiger partial charge in [-0.3, -0.25) is 14.5 Å². The average Bonchev–Trinajstić information content (AvgIpc) is 2.17. The zero-order valence-electron chi connectivity index (χ0n) is 7.90. The number of carboxylic acid groups (broad SMARTS) is 1. The van der Waals surface area contributed by atoms with Crippen molar-refractivity contribution in [1.29, 1.82) is 0 Å². The molecule has 0 aromatic heterocycles. The number of aliphatic carboxylic acids is 1. The van der Waals surface area contributed by atoms with E-state index in [0.717, 1.165) is 6.54 Å². The van der Waals surface area contributed by atoms with Crippen molar-refractivity contribution in [2.75, 3.05) is 19.6 Å². The standard InChI is InChI=1S/C9H14N2O3/c12-8-7-2-1-6(9(13)14)5-11(7)4-3-10-8/h6-7H,1-5H2,(H,10,12)(H,13,14)/t6-,7+/m1/s1. The Balaban J connectivity index is 2.03. The maximum atomic E-state index is 11.4. The van der Waals surface area contributed by atoms with Gasteiger partial charge in [-0.15, -0.1) is 0 Å². The molecule has 5 heteroatoms. The SMILES string of the molecule is O=C(O)[C@@H]1CC[C@H]2C(=O)NCCN2C1. The monoisotopic (exact) mass is 198 g/mol. The molecule has 2 aliphatic rings. The molecule has 0 unspecified atom stereocenters. The molecule has 2 atom stereocenters. The summed E-state index contributed by atoms with van der Waals surface area (Å²) in [6.07, 6.45) is 1.28. The van der Waals surface area contributed by atoms with E-state index in [1.807, 2.05) is 4.90 Å². The van der Waals surface area contributed by atoms with Crippen molar-refractivity contribution >= 4 is 11.9 Å². The maximum Gasteiger partial charge on any atom is 0.307 e. The number of carbonyl (C=O) groups excluding carboxylic acids is 1. The molecule has 2 N–H and O–H groups in total. The van der Waals surface area contributed by atoms with Crippen LogP contribution in [0.25, 0.3) is 0 Å². The van der Waals surface area contributed by atoms with Gasteiger partial charge in [0, 0.05) is 19.6 Å². The van der Waals surface area contributed by atoms with E-state index in [4.69, 9.17) is 5.11 Å². The van der Waals surface area contributed by atoms with E-state index < -0.39 is 5.97 Å². The topological polar surface area (TPSA) is 69.6 Å². The molecule has 5 nitrogen and oxygen atoms in total. The summed E-state index contributed by atoms with van der Waals surface area (Å²) in [7, 11) is 0. The molecule has 2 rings (SSSR count). The summed E-state index contributed by atoms with van der Waals surface area (Å²) in [5.41, 5.74) is 0. The summed E-state index contributed by atoms with van der Waals surface area (Å²) in [6.45, 7) is 1.94. The highest BCUT2D eigenvalue weighted by Crippen LogP contribution is 2.23. The van der Waals surface area contributed by atoms with Crippen LogP contribution in [0.4, 0.5) is 0 Å². The lowest BCUT2D eigenvalue weighted by Gasteiger charge is -2.40. The second-order valence-corrected chi connectivity index (χ2v) is 3.91. The summed E-state index contributed by atoms with van der Waals surface area (Å²) in [4.78, 5) is 24.2. The number of piperazine rings is 1. The third kappa shape index (κ3) is 1.59. The van der Waals surface area contributed by atoms with Gasteiger partial charge in [-0.05, 0) is 12.8 Å². The van der Waals surface area contributed by atoms with Crippen LogP contribution < -0.4 is 5.32 Å². The number of amides is 1. The quantitative estimate of drug-likeness (QED) is 0.583. The minimum absolute atomic E-state index is 0.0556. The number of hydrogen-bond acceptors (Lipinski definition) is 3. The number of rotatable bonds is 1. The molecule has 14 heavy (non-hydrogen) atoms. The number of fused-ring (bicyclic) bond motifs is 1. The van der Waals surface area contributed by atoms with E-state index in [-0.39, 0.29) is 17.9 Å². The predicted octanol–water partition coefficient (Wildman–Crippen LogP) is -0.719. The number of hydrogen-bond donors (Lipinski definition) is 2. The second kappa shape index (κ2) is 3.57. The number of piperidine rings is 1. The Kier molecular flexibility index (Phi) is 2.41. The van der Waals surface area contributed by atoms with Gasteiger partial charge in [0.05, 0.1) is 12.0 Å². The van der Waals surface area contributed by atoms with E-state index in [1.165, 1.54) is 0 Å². The molecular weight excluding hydrogens is 184 g/mol. The van der Waals surface area contributed by atoms with Gasteiger partial charge in [0.15, 0.2) is 0 Å². The summed E-state index contributed by atoms with van der Waals surface area (Å²) in [6, 6.07) is -0.0839. The zero-order chi connectivity index (χ0) is 10.1. The molecule has 0 aromatic rings. The van der Waals surface area contributed by atoms with Gasteiger partial charge in [0.2, 0.25) is 5.91 Å². The highest BCUT2D eigenvalue weighted by molar-refractivity contribution is 5.83. The van der Waals surface area contributed by atoms with Crippen molar-refractivity contribution in [3.05, 3.63) is 0 Å². The lowest BCUT2D eigenvalue weighted by atomic mass is 9.91. The Bertz CT molecular complexity index is 267. The van der Waals surface area contributed by atoms with Crippen LogP contribution in [0, 0.1) is 5.92 Å². The third-order valence-electron chi connectivity index (χ3n) is 3.03. The van der Waals surface area contributed by atoms with Gasteiger partial charge in [0.1, 0.15) is 0 Å². The first-order valence-electron chi connectivity index (χ1n) is 4.93. The smallest absolute Gasteiger partial charge is 0.307 e. The summed E-state index contributed by atoms with van der Waals surface area (Å²) in [5, 5.41) is 11.7. The summed E-state index contributed by atoms with van der Waals surface area (Å²) in [5.74, 6) is -0.980. The Labute approximate surface area is 82.1 Å².